The van der Waals surface area contributed by atoms with Crippen molar-refractivity contribution in [3.05, 3.63) is 46.5 Å². The number of carboxylic acids is 1. The fraction of sp³-hybridized carbons (Fsp3) is 0.235. The number of rotatable bonds is 7. The maximum atomic E-state index is 11.1. The molecule has 0 aromatic heterocycles. The van der Waals surface area contributed by atoms with Crippen molar-refractivity contribution in [2.75, 3.05) is 26.6 Å². The Kier molecular flexibility index (Phi) is 5.76. The van der Waals surface area contributed by atoms with E-state index >= 15 is 0 Å². The molecule has 0 radical (unpaired) electrons. The molecule has 7 heteroatoms. The molecule has 0 aliphatic carbocycles. The van der Waals surface area contributed by atoms with E-state index < -0.39 is 5.97 Å². The molecule has 2 aromatic carbocycles. The average molecular weight is 352 g/mol. The molecule has 2 aromatic rings. The highest BCUT2D eigenvalue weighted by Crippen LogP contribution is 2.40. The SMILES string of the molecule is COc1ccc(CNc2ccc(Cl)c(C(=O)O)c2)c(OC)c1OC. The van der Waals surface area contributed by atoms with Crippen LogP contribution in [0.15, 0.2) is 30.3 Å². The van der Waals surface area contributed by atoms with Gasteiger partial charge in [-0.15, -0.1) is 0 Å². The molecule has 0 amide bonds. The van der Waals surface area contributed by atoms with Crippen LogP contribution in [-0.4, -0.2) is 32.4 Å². The third kappa shape index (κ3) is 3.65. The summed E-state index contributed by atoms with van der Waals surface area (Å²) in [5.41, 5.74) is 1.51. The number of hydrogen-bond acceptors (Lipinski definition) is 5. The van der Waals surface area contributed by atoms with Crippen molar-refractivity contribution in [2.24, 2.45) is 0 Å². The Labute approximate surface area is 144 Å². The number of halogens is 1. The molecule has 128 valence electrons. The summed E-state index contributed by atoms with van der Waals surface area (Å²) >= 11 is 5.87. The fourth-order valence-electron chi connectivity index (χ4n) is 2.30. The standard InChI is InChI=1S/C17H18ClNO5/c1-22-14-7-4-10(15(23-2)16(14)24-3)9-19-11-5-6-13(18)12(8-11)17(20)21/h4-8,19H,9H2,1-3H3,(H,20,21). The van der Waals surface area contributed by atoms with Crippen LogP contribution >= 0.6 is 11.6 Å². The van der Waals surface area contributed by atoms with E-state index in [1.54, 1.807) is 32.4 Å². The summed E-state index contributed by atoms with van der Waals surface area (Å²) in [6.07, 6.45) is 0. The Morgan fingerprint density at radius 2 is 1.79 bits per heavy atom. The topological polar surface area (TPSA) is 77.0 Å². The Balaban J connectivity index is 2.26. The van der Waals surface area contributed by atoms with Gasteiger partial charge >= 0.3 is 5.97 Å². The van der Waals surface area contributed by atoms with Crippen molar-refractivity contribution in [2.45, 2.75) is 6.54 Å². The van der Waals surface area contributed by atoms with E-state index in [9.17, 15) is 4.79 Å². The van der Waals surface area contributed by atoms with Gasteiger partial charge in [0.15, 0.2) is 11.5 Å². The van der Waals surface area contributed by atoms with Gasteiger partial charge in [0.2, 0.25) is 5.75 Å². The Hall–Kier alpha value is -2.60. The van der Waals surface area contributed by atoms with E-state index in [0.717, 1.165) is 5.56 Å². The second kappa shape index (κ2) is 7.79. The molecule has 2 N–H and O–H groups in total. The highest BCUT2D eigenvalue weighted by Gasteiger charge is 2.16. The second-order valence-electron chi connectivity index (χ2n) is 4.85. The molecule has 0 spiro atoms. The zero-order valence-electron chi connectivity index (χ0n) is 13.6. The lowest BCUT2D eigenvalue weighted by Crippen LogP contribution is -2.05. The van der Waals surface area contributed by atoms with E-state index in [1.165, 1.54) is 13.2 Å². The third-order valence-corrected chi connectivity index (χ3v) is 3.80. The first-order valence-electron chi connectivity index (χ1n) is 7.06. The Morgan fingerprint density at radius 1 is 1.08 bits per heavy atom. The van der Waals surface area contributed by atoms with Gasteiger partial charge in [-0.2, -0.15) is 0 Å². The molecule has 0 saturated carbocycles. The minimum Gasteiger partial charge on any atom is -0.493 e. The third-order valence-electron chi connectivity index (χ3n) is 3.47. The normalized spacial score (nSPS) is 10.2. The van der Waals surface area contributed by atoms with Crippen LogP contribution < -0.4 is 19.5 Å². The van der Waals surface area contributed by atoms with Gasteiger partial charge in [-0.3, -0.25) is 0 Å². The number of aromatic carboxylic acids is 1. The van der Waals surface area contributed by atoms with Crippen LogP contribution in [0, 0.1) is 0 Å². The number of carboxylic acid groups (broad SMARTS) is 1. The van der Waals surface area contributed by atoms with Crippen LogP contribution in [-0.2, 0) is 6.54 Å². The lowest BCUT2D eigenvalue weighted by Gasteiger charge is -2.16. The number of anilines is 1. The summed E-state index contributed by atoms with van der Waals surface area (Å²) < 4.78 is 16.0. The van der Waals surface area contributed by atoms with Gasteiger partial charge < -0.3 is 24.6 Å². The quantitative estimate of drug-likeness (QED) is 0.792. The van der Waals surface area contributed by atoms with Gasteiger partial charge in [-0.25, -0.2) is 4.79 Å². The van der Waals surface area contributed by atoms with Crippen molar-refractivity contribution in [3.63, 3.8) is 0 Å². The number of carbonyl (C=O) groups is 1. The van der Waals surface area contributed by atoms with Gasteiger partial charge in [-0.05, 0) is 30.3 Å². The highest BCUT2D eigenvalue weighted by atomic mass is 35.5. The van der Waals surface area contributed by atoms with Crippen molar-refractivity contribution in [3.8, 4) is 17.2 Å². The average Bonchev–Trinajstić information content (AvgIpc) is 2.59. The molecule has 0 bridgehead atoms. The summed E-state index contributed by atoms with van der Waals surface area (Å²) in [7, 11) is 4.64. The number of nitrogens with one attached hydrogen (secondary N) is 1. The summed E-state index contributed by atoms with van der Waals surface area (Å²) in [4.78, 5) is 11.1. The van der Waals surface area contributed by atoms with E-state index in [-0.39, 0.29) is 10.6 Å². The predicted octanol–water partition coefficient (Wildman–Crippen LogP) is 3.68. The summed E-state index contributed by atoms with van der Waals surface area (Å²) in [6, 6.07) is 8.36. The molecule has 24 heavy (non-hydrogen) atoms. The zero-order chi connectivity index (χ0) is 17.7. The first kappa shape index (κ1) is 17.7. The zero-order valence-corrected chi connectivity index (χ0v) is 14.3. The van der Waals surface area contributed by atoms with Crippen molar-refractivity contribution in [1.82, 2.24) is 0 Å². The number of hydrogen-bond donors (Lipinski definition) is 2. The summed E-state index contributed by atoms with van der Waals surface area (Å²) in [5.74, 6) is 0.545. The highest BCUT2D eigenvalue weighted by molar-refractivity contribution is 6.33. The maximum absolute atomic E-state index is 11.1. The molecule has 0 unspecified atom stereocenters. The van der Waals surface area contributed by atoms with Crippen molar-refractivity contribution >= 4 is 23.3 Å². The van der Waals surface area contributed by atoms with Gasteiger partial charge in [0, 0.05) is 17.8 Å². The van der Waals surface area contributed by atoms with E-state index in [2.05, 4.69) is 5.32 Å². The molecule has 0 heterocycles. The van der Waals surface area contributed by atoms with Crippen LogP contribution in [0.5, 0.6) is 17.2 Å². The van der Waals surface area contributed by atoms with Gasteiger partial charge in [-0.1, -0.05) is 11.6 Å². The Bertz CT molecular complexity index is 748. The summed E-state index contributed by atoms with van der Waals surface area (Å²) in [6.45, 7) is 0.407. The fourth-order valence-corrected chi connectivity index (χ4v) is 2.50. The first-order chi connectivity index (χ1) is 11.5. The molecule has 0 atom stereocenters. The second-order valence-corrected chi connectivity index (χ2v) is 5.25. The van der Waals surface area contributed by atoms with E-state index in [0.29, 0.717) is 29.5 Å². The van der Waals surface area contributed by atoms with Crippen molar-refractivity contribution in [1.29, 1.82) is 0 Å². The minimum atomic E-state index is -1.08. The molecular weight excluding hydrogens is 334 g/mol. The lowest BCUT2D eigenvalue weighted by molar-refractivity contribution is 0.0697. The van der Waals surface area contributed by atoms with Crippen LogP contribution in [0.25, 0.3) is 0 Å². The van der Waals surface area contributed by atoms with Crippen LogP contribution in [0.4, 0.5) is 5.69 Å². The number of ether oxygens (including phenoxy) is 3. The first-order valence-corrected chi connectivity index (χ1v) is 7.44. The molecule has 0 aliphatic heterocycles. The van der Waals surface area contributed by atoms with Crippen LogP contribution in [0.3, 0.4) is 0 Å². The maximum Gasteiger partial charge on any atom is 0.337 e. The van der Waals surface area contributed by atoms with E-state index in [1.807, 2.05) is 6.07 Å². The number of benzene rings is 2. The monoisotopic (exact) mass is 351 g/mol. The molecular formula is C17H18ClNO5. The van der Waals surface area contributed by atoms with E-state index in [4.69, 9.17) is 30.9 Å². The minimum absolute atomic E-state index is 0.0425. The van der Waals surface area contributed by atoms with Crippen LogP contribution in [0.2, 0.25) is 5.02 Å². The Morgan fingerprint density at radius 3 is 2.38 bits per heavy atom. The number of methoxy groups -OCH3 is 3. The molecule has 2 rings (SSSR count). The van der Waals surface area contributed by atoms with Gasteiger partial charge in [0.05, 0.1) is 31.9 Å². The van der Waals surface area contributed by atoms with Gasteiger partial charge in [0.1, 0.15) is 0 Å². The molecule has 0 aliphatic rings. The largest absolute Gasteiger partial charge is 0.493 e. The smallest absolute Gasteiger partial charge is 0.337 e. The molecule has 0 saturated heterocycles. The predicted molar refractivity (Wildman–Crippen MR) is 91.8 cm³/mol. The van der Waals surface area contributed by atoms with Crippen molar-refractivity contribution < 1.29 is 24.1 Å². The van der Waals surface area contributed by atoms with Crippen LogP contribution in [0.1, 0.15) is 15.9 Å². The van der Waals surface area contributed by atoms with Gasteiger partial charge in [0.25, 0.3) is 0 Å². The summed E-state index contributed by atoms with van der Waals surface area (Å²) in [5, 5.41) is 12.5. The molecule has 0 fully saturated rings. The molecule has 6 nitrogen and oxygen atoms in total. The lowest BCUT2D eigenvalue weighted by atomic mass is 10.1.